The number of pyridine rings is 1. The molecule has 0 amide bonds. The summed E-state index contributed by atoms with van der Waals surface area (Å²) in [5.41, 5.74) is 2.09. The fraction of sp³-hybridized carbons (Fsp3) is 0.407. The summed E-state index contributed by atoms with van der Waals surface area (Å²) in [6.45, 7) is 1.97. The van der Waals surface area contributed by atoms with E-state index in [1.165, 1.54) is 0 Å². The summed E-state index contributed by atoms with van der Waals surface area (Å²) < 4.78 is 25.5. The van der Waals surface area contributed by atoms with Crippen molar-refractivity contribution in [1.29, 1.82) is 0 Å². The van der Waals surface area contributed by atoms with E-state index < -0.39 is 9.84 Å². The highest BCUT2D eigenvalue weighted by molar-refractivity contribution is 7.91. The molecule has 2 heterocycles. The molecule has 0 spiro atoms. The molecule has 172 valence electrons. The molecule has 1 aromatic heterocycles. The van der Waals surface area contributed by atoms with Crippen LogP contribution in [0, 0.1) is 11.8 Å². The molecule has 2 aliphatic rings. The summed E-state index contributed by atoms with van der Waals surface area (Å²) in [4.78, 5) is 17.4. The molecular weight excluding hydrogens is 432 g/mol. The average molecular weight is 463 g/mol. The Balaban J connectivity index is 1.18. The average Bonchev–Trinajstić information content (AvgIpc) is 3.65. The lowest BCUT2D eigenvalue weighted by Gasteiger charge is -2.22. The number of fused-ring (bicyclic) bond motifs is 1. The van der Waals surface area contributed by atoms with E-state index in [0.29, 0.717) is 17.2 Å². The van der Waals surface area contributed by atoms with Crippen LogP contribution in [-0.2, 0) is 21.1 Å². The van der Waals surface area contributed by atoms with Gasteiger partial charge in [-0.05, 0) is 85.3 Å². The molecule has 2 atom stereocenters. The number of nitrogens with one attached hydrogen (secondary N) is 1. The monoisotopic (exact) mass is 462 g/mol. The number of Topliss-reactive ketones (excluding diaryl/α,β-unsaturated/α-hetero) is 1. The molecule has 1 saturated carbocycles. The van der Waals surface area contributed by atoms with Crippen molar-refractivity contribution >= 4 is 26.4 Å². The van der Waals surface area contributed by atoms with E-state index >= 15 is 0 Å². The summed E-state index contributed by atoms with van der Waals surface area (Å²) in [6.07, 6.45) is 7.72. The van der Waals surface area contributed by atoms with Crippen molar-refractivity contribution in [2.45, 2.75) is 42.9 Å². The number of sulfone groups is 1. The fourth-order valence-electron chi connectivity index (χ4n) is 5.03. The smallest absolute Gasteiger partial charge is 0.178 e. The van der Waals surface area contributed by atoms with Gasteiger partial charge in [-0.3, -0.25) is 9.78 Å². The molecule has 0 bridgehead atoms. The van der Waals surface area contributed by atoms with Gasteiger partial charge in [-0.2, -0.15) is 0 Å². The van der Waals surface area contributed by atoms with Gasteiger partial charge < -0.3 is 5.32 Å². The second kappa shape index (κ2) is 9.35. The minimum atomic E-state index is -3.26. The quantitative estimate of drug-likeness (QED) is 0.540. The molecule has 1 saturated heterocycles. The SMILES string of the molecule is O=C(Cc1ccc2cnccc2c1)C1CC1c1ccc(S(=O)(=O)CCC2CCNCC2)cc1. The van der Waals surface area contributed by atoms with Crippen LogP contribution >= 0.6 is 0 Å². The Morgan fingerprint density at radius 2 is 1.79 bits per heavy atom. The van der Waals surface area contributed by atoms with Crippen LogP contribution < -0.4 is 5.32 Å². The van der Waals surface area contributed by atoms with Crippen molar-refractivity contribution in [2.75, 3.05) is 18.8 Å². The van der Waals surface area contributed by atoms with Gasteiger partial charge in [-0.15, -0.1) is 0 Å². The maximum atomic E-state index is 12.8. The molecule has 2 unspecified atom stereocenters. The number of aromatic nitrogens is 1. The van der Waals surface area contributed by atoms with E-state index in [9.17, 15) is 13.2 Å². The molecular formula is C27H30N2O3S. The van der Waals surface area contributed by atoms with E-state index in [0.717, 1.165) is 60.7 Å². The Bertz CT molecular complexity index is 1250. The largest absolute Gasteiger partial charge is 0.317 e. The Kier molecular flexibility index (Phi) is 6.30. The number of carbonyl (C=O) groups excluding carboxylic acids is 1. The van der Waals surface area contributed by atoms with E-state index in [1.54, 1.807) is 18.3 Å². The maximum absolute atomic E-state index is 12.8. The Labute approximate surface area is 195 Å². The highest BCUT2D eigenvalue weighted by Crippen LogP contribution is 2.48. The van der Waals surface area contributed by atoms with Gasteiger partial charge in [0.15, 0.2) is 9.84 Å². The minimum Gasteiger partial charge on any atom is -0.317 e. The summed E-state index contributed by atoms with van der Waals surface area (Å²) >= 11 is 0. The number of piperidine rings is 1. The number of nitrogens with zero attached hydrogens (tertiary/aromatic N) is 1. The van der Waals surface area contributed by atoms with Crippen molar-refractivity contribution in [3.8, 4) is 0 Å². The zero-order valence-electron chi connectivity index (χ0n) is 18.7. The van der Waals surface area contributed by atoms with Gasteiger partial charge in [0.05, 0.1) is 10.6 Å². The van der Waals surface area contributed by atoms with Crippen molar-refractivity contribution in [2.24, 2.45) is 11.8 Å². The van der Waals surface area contributed by atoms with Crippen LogP contribution in [0.25, 0.3) is 10.8 Å². The Morgan fingerprint density at radius 1 is 1.00 bits per heavy atom. The van der Waals surface area contributed by atoms with E-state index in [4.69, 9.17) is 0 Å². The lowest BCUT2D eigenvalue weighted by Crippen LogP contribution is -2.28. The van der Waals surface area contributed by atoms with Gasteiger partial charge in [0.1, 0.15) is 5.78 Å². The first kappa shape index (κ1) is 22.2. The normalized spacial score (nSPS) is 21.2. The molecule has 1 aliphatic heterocycles. The number of hydrogen-bond acceptors (Lipinski definition) is 5. The van der Waals surface area contributed by atoms with Crippen LogP contribution in [0.5, 0.6) is 0 Å². The highest BCUT2D eigenvalue weighted by atomic mass is 32.2. The van der Waals surface area contributed by atoms with E-state index in [2.05, 4.69) is 16.4 Å². The molecule has 6 heteroatoms. The third-order valence-corrected chi connectivity index (χ3v) is 8.97. The van der Waals surface area contributed by atoms with Gasteiger partial charge >= 0.3 is 0 Å². The molecule has 5 rings (SSSR count). The lowest BCUT2D eigenvalue weighted by molar-refractivity contribution is -0.119. The predicted octanol–water partition coefficient (Wildman–Crippen LogP) is 4.31. The summed E-state index contributed by atoms with van der Waals surface area (Å²) in [5, 5.41) is 5.49. The third-order valence-electron chi connectivity index (χ3n) is 7.21. The first-order valence-electron chi connectivity index (χ1n) is 11.9. The van der Waals surface area contributed by atoms with Gasteiger partial charge in [0.2, 0.25) is 0 Å². The highest BCUT2D eigenvalue weighted by Gasteiger charge is 2.43. The van der Waals surface area contributed by atoms with Crippen LogP contribution in [0.1, 0.15) is 42.7 Å². The molecule has 33 heavy (non-hydrogen) atoms. The third kappa shape index (κ3) is 5.17. The topological polar surface area (TPSA) is 76.1 Å². The van der Waals surface area contributed by atoms with Crippen LogP contribution in [0.15, 0.2) is 65.8 Å². The molecule has 1 aliphatic carbocycles. The number of benzene rings is 2. The van der Waals surface area contributed by atoms with Gasteiger partial charge in [-0.25, -0.2) is 8.42 Å². The summed E-state index contributed by atoms with van der Waals surface area (Å²) in [5.74, 6) is 1.20. The number of carbonyl (C=O) groups is 1. The fourth-order valence-corrected chi connectivity index (χ4v) is 6.46. The van der Waals surface area contributed by atoms with Crippen molar-refractivity contribution in [3.05, 3.63) is 72.1 Å². The predicted molar refractivity (Wildman–Crippen MR) is 130 cm³/mol. The molecule has 0 radical (unpaired) electrons. The van der Waals surface area contributed by atoms with Crippen molar-refractivity contribution < 1.29 is 13.2 Å². The Hall–Kier alpha value is -2.57. The van der Waals surface area contributed by atoms with Gasteiger partial charge in [-0.1, -0.05) is 30.3 Å². The summed E-state index contributed by atoms with van der Waals surface area (Å²) in [6, 6.07) is 15.3. The van der Waals surface area contributed by atoms with Crippen molar-refractivity contribution in [3.63, 3.8) is 0 Å². The van der Waals surface area contributed by atoms with E-state index in [1.807, 2.05) is 36.5 Å². The zero-order valence-corrected chi connectivity index (χ0v) is 19.6. The first-order chi connectivity index (χ1) is 16.0. The molecule has 2 aromatic carbocycles. The van der Waals surface area contributed by atoms with Crippen molar-refractivity contribution in [1.82, 2.24) is 10.3 Å². The number of ketones is 1. The molecule has 1 N–H and O–H groups in total. The molecule has 3 aromatic rings. The molecule has 5 nitrogen and oxygen atoms in total. The number of hydrogen-bond donors (Lipinski definition) is 1. The van der Waals surface area contributed by atoms with E-state index in [-0.39, 0.29) is 23.4 Å². The second-order valence-corrected chi connectivity index (χ2v) is 11.6. The minimum absolute atomic E-state index is 0.0282. The van der Waals surface area contributed by atoms with Gasteiger partial charge in [0, 0.05) is 30.1 Å². The van der Waals surface area contributed by atoms with Crippen LogP contribution in [0.2, 0.25) is 0 Å². The van der Waals surface area contributed by atoms with Crippen LogP contribution in [0.3, 0.4) is 0 Å². The van der Waals surface area contributed by atoms with Crippen LogP contribution in [0.4, 0.5) is 0 Å². The first-order valence-corrected chi connectivity index (χ1v) is 13.5. The zero-order chi connectivity index (χ0) is 22.8. The lowest BCUT2D eigenvalue weighted by atomic mass is 9.96. The van der Waals surface area contributed by atoms with Crippen LogP contribution in [-0.4, -0.2) is 38.0 Å². The maximum Gasteiger partial charge on any atom is 0.178 e. The standard InChI is InChI=1S/C27H30N2O3S/c30-27(16-20-1-2-23-18-29-13-9-22(23)15-20)26-17-25(26)21-3-5-24(6-4-21)33(31,32)14-10-19-7-11-28-12-8-19/h1-6,9,13,15,18-19,25-26,28H,7-8,10-12,14,16-17H2. The van der Waals surface area contributed by atoms with Gasteiger partial charge in [0.25, 0.3) is 0 Å². The Morgan fingerprint density at radius 3 is 2.58 bits per heavy atom. The second-order valence-electron chi connectivity index (χ2n) is 9.52. The molecule has 2 fully saturated rings. The number of rotatable bonds is 8. The summed E-state index contributed by atoms with van der Waals surface area (Å²) in [7, 11) is -3.26.